The van der Waals surface area contributed by atoms with E-state index in [0.717, 1.165) is 56.1 Å². The van der Waals surface area contributed by atoms with Crippen molar-refractivity contribution in [1.29, 1.82) is 0 Å². The average Bonchev–Trinajstić information content (AvgIpc) is 3.54. The van der Waals surface area contributed by atoms with E-state index < -0.39 is 7.60 Å². The summed E-state index contributed by atoms with van der Waals surface area (Å²) in [5.74, 6) is 2.37. The van der Waals surface area contributed by atoms with Gasteiger partial charge in [-0.25, -0.2) is 4.98 Å². The molecule has 0 radical (unpaired) electrons. The predicted molar refractivity (Wildman–Crippen MR) is 183 cm³/mol. The third kappa shape index (κ3) is 10.7. The fourth-order valence-electron chi connectivity index (χ4n) is 6.18. The molecule has 1 aromatic carbocycles. The summed E-state index contributed by atoms with van der Waals surface area (Å²) < 4.78 is 24.3. The molecule has 16 heteroatoms. The summed E-state index contributed by atoms with van der Waals surface area (Å²) in [7, 11) is -0.836. The first-order valence-corrected chi connectivity index (χ1v) is 18.6. The number of nitrogens with one attached hydrogen (secondary N) is 3. The van der Waals surface area contributed by atoms with E-state index in [4.69, 9.17) is 19.4 Å². The van der Waals surface area contributed by atoms with Gasteiger partial charge in [0, 0.05) is 56.8 Å². The van der Waals surface area contributed by atoms with Crippen molar-refractivity contribution in [1.82, 2.24) is 40.5 Å². The highest BCUT2D eigenvalue weighted by molar-refractivity contribution is 7.51. The molecule has 1 aliphatic heterocycles. The molecular formula is C31H51N10O5P. The van der Waals surface area contributed by atoms with Gasteiger partial charge in [0.2, 0.25) is 5.95 Å². The summed E-state index contributed by atoms with van der Waals surface area (Å²) in [6, 6.07) is 4.44. The third-order valence-electron chi connectivity index (χ3n) is 8.88. The smallest absolute Gasteiger partial charge is 0.326 e. The molecule has 15 nitrogen and oxygen atoms in total. The number of fused-ring (bicyclic) bond motifs is 1. The van der Waals surface area contributed by atoms with Crippen LogP contribution in [0.1, 0.15) is 50.6 Å². The SMILES string of the molecule is COc1cc2nc(N3CCN(CCP(=O)(O)O)CC3)nc(NCc3cn(CCCNCCCNC4CCCCC4)nn3)c2cc1OC. The lowest BCUT2D eigenvalue weighted by Crippen LogP contribution is -2.47. The molecule has 1 saturated carbocycles. The minimum Gasteiger partial charge on any atom is -0.493 e. The number of anilines is 2. The summed E-state index contributed by atoms with van der Waals surface area (Å²) in [6.07, 6.45) is 10.7. The molecule has 260 valence electrons. The van der Waals surface area contributed by atoms with Gasteiger partial charge in [-0.3, -0.25) is 14.1 Å². The zero-order valence-corrected chi connectivity index (χ0v) is 28.6. The standard InChI is InChI=1S/C31H51N10O5P/c1-45-28-20-26-27(21-29(28)46-2)35-31(40-16-14-39(15-17-40)18-19-47(42,43)44)36-30(26)34-22-25-23-41(38-37-25)13-7-11-32-10-6-12-33-24-8-4-3-5-9-24/h20-21,23-24,32-33H,3-19,22H2,1-2H3,(H,34,35,36)(H2,42,43,44). The molecule has 0 amide bonds. The Morgan fingerprint density at radius 3 is 2.43 bits per heavy atom. The van der Waals surface area contributed by atoms with Crippen LogP contribution in [0.3, 0.4) is 0 Å². The molecule has 0 unspecified atom stereocenters. The summed E-state index contributed by atoms with van der Waals surface area (Å²) >= 11 is 0. The summed E-state index contributed by atoms with van der Waals surface area (Å²) in [6.45, 7) is 7.22. The van der Waals surface area contributed by atoms with Crippen molar-refractivity contribution in [2.75, 3.05) is 83.0 Å². The Hall–Kier alpha value is -3.07. The van der Waals surface area contributed by atoms with E-state index >= 15 is 0 Å². The second-order valence-corrected chi connectivity index (χ2v) is 14.2. The molecule has 5 N–H and O–H groups in total. The molecule has 0 atom stereocenters. The van der Waals surface area contributed by atoms with Crippen LogP contribution in [0.25, 0.3) is 10.9 Å². The lowest BCUT2D eigenvalue weighted by Gasteiger charge is -2.35. The molecule has 47 heavy (non-hydrogen) atoms. The Morgan fingerprint density at radius 1 is 0.936 bits per heavy atom. The van der Waals surface area contributed by atoms with Crippen molar-refractivity contribution in [3.8, 4) is 11.5 Å². The molecule has 1 aliphatic carbocycles. The monoisotopic (exact) mass is 674 g/mol. The summed E-state index contributed by atoms with van der Waals surface area (Å²) in [4.78, 5) is 32.4. The topological polar surface area (TPSA) is 175 Å². The summed E-state index contributed by atoms with van der Waals surface area (Å²) in [5, 5.41) is 20.2. The van der Waals surface area contributed by atoms with Crippen molar-refractivity contribution in [3.05, 3.63) is 24.0 Å². The van der Waals surface area contributed by atoms with Crippen LogP contribution in [0.5, 0.6) is 11.5 Å². The Balaban J connectivity index is 1.14. The van der Waals surface area contributed by atoms with Crippen molar-refractivity contribution < 1.29 is 23.8 Å². The maximum atomic E-state index is 11.3. The molecule has 2 aromatic heterocycles. The van der Waals surface area contributed by atoms with Gasteiger partial charge < -0.3 is 40.1 Å². The van der Waals surface area contributed by atoms with E-state index in [0.29, 0.717) is 68.1 Å². The van der Waals surface area contributed by atoms with Crippen molar-refractivity contribution in [2.24, 2.45) is 0 Å². The third-order valence-corrected chi connectivity index (χ3v) is 9.67. The first-order chi connectivity index (χ1) is 22.8. The van der Waals surface area contributed by atoms with Crippen LogP contribution in [0.15, 0.2) is 18.3 Å². The fourth-order valence-corrected chi connectivity index (χ4v) is 6.73. The molecule has 0 spiro atoms. The largest absolute Gasteiger partial charge is 0.493 e. The van der Waals surface area contributed by atoms with Crippen LogP contribution in [-0.2, 0) is 17.7 Å². The molecule has 3 heterocycles. The maximum Gasteiger partial charge on any atom is 0.326 e. The van der Waals surface area contributed by atoms with Gasteiger partial charge in [0.15, 0.2) is 11.5 Å². The number of hydrogen-bond acceptors (Lipinski definition) is 12. The van der Waals surface area contributed by atoms with Crippen molar-refractivity contribution >= 4 is 30.3 Å². The number of aryl methyl sites for hydroxylation is 1. The molecule has 0 bridgehead atoms. The van der Waals surface area contributed by atoms with Crippen LogP contribution < -0.4 is 30.3 Å². The predicted octanol–water partition coefficient (Wildman–Crippen LogP) is 2.44. The van der Waals surface area contributed by atoms with E-state index in [1.807, 2.05) is 23.0 Å². The van der Waals surface area contributed by atoms with Crippen LogP contribution in [-0.4, -0.2) is 118 Å². The van der Waals surface area contributed by atoms with Crippen molar-refractivity contribution in [3.63, 3.8) is 0 Å². The van der Waals surface area contributed by atoms with E-state index in [1.54, 1.807) is 14.2 Å². The lowest BCUT2D eigenvalue weighted by molar-refractivity contribution is 0.263. The van der Waals surface area contributed by atoms with E-state index in [2.05, 4.69) is 36.1 Å². The van der Waals surface area contributed by atoms with Gasteiger partial charge in [0.1, 0.15) is 11.5 Å². The molecular weight excluding hydrogens is 623 g/mol. The highest BCUT2D eigenvalue weighted by atomic mass is 31.2. The number of piperazine rings is 1. The quantitative estimate of drug-likeness (QED) is 0.0983. The minimum absolute atomic E-state index is 0.144. The first kappa shape index (κ1) is 35.2. The van der Waals surface area contributed by atoms with Gasteiger partial charge in [-0.2, -0.15) is 4.98 Å². The number of hydrogen-bond donors (Lipinski definition) is 5. The number of methoxy groups -OCH3 is 2. The Morgan fingerprint density at radius 2 is 1.68 bits per heavy atom. The van der Waals surface area contributed by atoms with Gasteiger partial charge in [0.25, 0.3) is 0 Å². The van der Waals surface area contributed by atoms with E-state index in [9.17, 15) is 14.4 Å². The molecule has 2 fully saturated rings. The van der Waals surface area contributed by atoms with Gasteiger partial charge in [0.05, 0.1) is 38.6 Å². The highest BCUT2D eigenvalue weighted by Crippen LogP contribution is 2.36. The second kappa shape index (κ2) is 17.4. The lowest BCUT2D eigenvalue weighted by atomic mass is 9.95. The second-order valence-electron chi connectivity index (χ2n) is 12.4. The van der Waals surface area contributed by atoms with Gasteiger partial charge in [-0.05, 0) is 51.4 Å². The van der Waals surface area contributed by atoms with Crippen LogP contribution >= 0.6 is 7.60 Å². The van der Waals surface area contributed by atoms with E-state index in [-0.39, 0.29) is 6.16 Å². The first-order valence-electron chi connectivity index (χ1n) is 16.8. The number of nitrogens with zero attached hydrogens (tertiary/aromatic N) is 7. The molecule has 5 rings (SSSR count). The Labute approximate surface area is 277 Å². The summed E-state index contributed by atoms with van der Waals surface area (Å²) in [5.41, 5.74) is 1.51. The number of aromatic nitrogens is 5. The van der Waals surface area contributed by atoms with E-state index in [1.165, 1.54) is 32.1 Å². The Bertz CT molecular complexity index is 1460. The zero-order chi connectivity index (χ0) is 33.1. The highest BCUT2D eigenvalue weighted by Gasteiger charge is 2.23. The van der Waals surface area contributed by atoms with Gasteiger partial charge in [-0.15, -0.1) is 5.10 Å². The van der Waals surface area contributed by atoms with Crippen LogP contribution in [0, 0.1) is 0 Å². The van der Waals surface area contributed by atoms with Crippen LogP contribution in [0.2, 0.25) is 0 Å². The Kier molecular flexibility index (Phi) is 13.0. The number of benzene rings is 1. The minimum atomic E-state index is -4.03. The van der Waals surface area contributed by atoms with Gasteiger partial charge >= 0.3 is 7.60 Å². The molecule has 3 aromatic rings. The average molecular weight is 675 g/mol. The van der Waals surface area contributed by atoms with Gasteiger partial charge in [-0.1, -0.05) is 24.5 Å². The van der Waals surface area contributed by atoms with Crippen LogP contribution in [0.4, 0.5) is 11.8 Å². The number of ether oxygens (including phenoxy) is 2. The van der Waals surface area contributed by atoms with Crippen molar-refractivity contribution in [2.45, 2.75) is 64.1 Å². The zero-order valence-electron chi connectivity index (χ0n) is 27.7. The molecule has 1 saturated heterocycles. The normalized spacial score (nSPS) is 16.6. The fraction of sp³-hybridized carbons (Fsp3) is 0.677. The maximum absolute atomic E-state index is 11.3. The number of rotatable bonds is 18. The molecule has 2 aliphatic rings.